The number of ether oxygens (including phenoxy) is 1. The topological polar surface area (TPSA) is 27.1 Å². The van der Waals surface area contributed by atoms with Gasteiger partial charge in [-0.25, -0.2) is 4.98 Å². The molecule has 0 bridgehead atoms. The predicted octanol–water partition coefficient (Wildman–Crippen LogP) is 4.20. The zero-order valence-electron chi connectivity index (χ0n) is 12.0. The van der Waals surface area contributed by atoms with Crippen molar-refractivity contribution in [1.29, 1.82) is 0 Å². The molecule has 0 radical (unpaired) electrons. The first-order valence-corrected chi connectivity index (χ1v) is 8.29. The molecule has 5 heteroatoms. The van der Waals surface area contributed by atoms with Crippen LogP contribution in [0.5, 0.6) is 0 Å². The maximum atomic E-state index is 5.18. The minimum atomic E-state index is 0.709. The third-order valence-corrected chi connectivity index (χ3v) is 4.74. The van der Waals surface area contributed by atoms with Crippen LogP contribution >= 0.6 is 27.7 Å². The molecular formula is C15H19BrN2OS. The van der Waals surface area contributed by atoms with Crippen LogP contribution in [0.25, 0.3) is 0 Å². The maximum Gasteiger partial charge on any atom is 0.168 e. The van der Waals surface area contributed by atoms with Crippen LogP contribution < -0.4 is 0 Å². The van der Waals surface area contributed by atoms with Gasteiger partial charge < -0.3 is 9.30 Å². The molecule has 2 aromatic rings. The van der Waals surface area contributed by atoms with Gasteiger partial charge in [-0.05, 0) is 31.5 Å². The van der Waals surface area contributed by atoms with Crippen LogP contribution in [0.1, 0.15) is 17.0 Å². The summed E-state index contributed by atoms with van der Waals surface area (Å²) in [7, 11) is 1.73. The molecule has 0 aliphatic rings. The second-order valence-corrected chi connectivity index (χ2v) is 6.49. The van der Waals surface area contributed by atoms with E-state index in [4.69, 9.17) is 4.74 Å². The number of methoxy groups -OCH3 is 1. The molecule has 0 aliphatic heterocycles. The fourth-order valence-corrected chi connectivity index (χ4v) is 3.46. The van der Waals surface area contributed by atoms with Crippen molar-refractivity contribution in [2.75, 3.05) is 13.7 Å². The van der Waals surface area contributed by atoms with Crippen molar-refractivity contribution in [1.82, 2.24) is 9.55 Å². The molecule has 20 heavy (non-hydrogen) atoms. The molecule has 0 fully saturated rings. The van der Waals surface area contributed by atoms with Crippen molar-refractivity contribution >= 4 is 27.7 Å². The van der Waals surface area contributed by atoms with E-state index >= 15 is 0 Å². The second kappa shape index (κ2) is 7.29. The third kappa shape index (κ3) is 3.87. The summed E-state index contributed by atoms with van der Waals surface area (Å²) in [5, 5.41) is 1.07. The van der Waals surface area contributed by atoms with Gasteiger partial charge in [-0.3, -0.25) is 0 Å². The predicted molar refractivity (Wildman–Crippen MR) is 87.3 cm³/mol. The fraction of sp³-hybridized carbons (Fsp3) is 0.400. The molecule has 1 aromatic heterocycles. The molecule has 108 valence electrons. The highest BCUT2D eigenvalue weighted by atomic mass is 79.9. The Morgan fingerprint density at radius 3 is 2.85 bits per heavy atom. The van der Waals surface area contributed by atoms with Gasteiger partial charge >= 0.3 is 0 Å². The van der Waals surface area contributed by atoms with E-state index in [0.29, 0.717) is 6.61 Å². The van der Waals surface area contributed by atoms with Crippen molar-refractivity contribution in [3.63, 3.8) is 0 Å². The van der Waals surface area contributed by atoms with Crippen LogP contribution in [0.2, 0.25) is 0 Å². The van der Waals surface area contributed by atoms with Crippen LogP contribution in [-0.2, 0) is 17.0 Å². The molecule has 0 aliphatic carbocycles. The molecule has 0 spiro atoms. The first-order chi connectivity index (χ1) is 9.61. The number of hydrogen-bond donors (Lipinski definition) is 0. The SMILES string of the molecule is COCCn1c(SCc2cccc(Br)c2)nc(C)c1C. The molecule has 0 saturated carbocycles. The van der Waals surface area contributed by atoms with Crippen molar-refractivity contribution in [3.8, 4) is 0 Å². The first kappa shape index (κ1) is 15.6. The van der Waals surface area contributed by atoms with E-state index in [1.54, 1.807) is 18.9 Å². The molecule has 3 nitrogen and oxygen atoms in total. The van der Waals surface area contributed by atoms with Crippen LogP contribution in [0.15, 0.2) is 33.9 Å². The van der Waals surface area contributed by atoms with E-state index in [-0.39, 0.29) is 0 Å². The fourth-order valence-electron chi connectivity index (χ4n) is 1.95. The molecule has 0 atom stereocenters. The monoisotopic (exact) mass is 354 g/mol. The van der Waals surface area contributed by atoms with Crippen molar-refractivity contribution in [2.45, 2.75) is 31.3 Å². The number of imidazole rings is 1. The zero-order valence-corrected chi connectivity index (χ0v) is 14.4. The lowest BCUT2D eigenvalue weighted by Crippen LogP contribution is -2.07. The maximum absolute atomic E-state index is 5.18. The van der Waals surface area contributed by atoms with Crippen molar-refractivity contribution < 1.29 is 4.74 Å². The lowest BCUT2D eigenvalue weighted by Gasteiger charge is -2.09. The third-order valence-electron chi connectivity index (χ3n) is 3.20. The van der Waals surface area contributed by atoms with Crippen molar-refractivity contribution in [3.05, 3.63) is 45.7 Å². The number of aryl methyl sites for hydroxylation is 1. The van der Waals surface area contributed by atoms with Gasteiger partial charge in [-0.2, -0.15) is 0 Å². The molecule has 0 saturated heterocycles. The van der Waals surface area contributed by atoms with Crippen LogP contribution in [0.4, 0.5) is 0 Å². The van der Waals surface area contributed by atoms with Gasteiger partial charge in [0.15, 0.2) is 5.16 Å². The van der Waals surface area contributed by atoms with E-state index in [0.717, 1.165) is 27.6 Å². The molecule has 1 heterocycles. The molecule has 2 rings (SSSR count). The number of aromatic nitrogens is 2. The minimum Gasteiger partial charge on any atom is -0.383 e. The quantitative estimate of drug-likeness (QED) is 0.727. The van der Waals surface area contributed by atoms with Gasteiger partial charge in [-0.15, -0.1) is 0 Å². The largest absolute Gasteiger partial charge is 0.383 e. The first-order valence-electron chi connectivity index (χ1n) is 6.51. The van der Waals surface area contributed by atoms with Gasteiger partial charge in [0, 0.05) is 29.6 Å². The average Bonchev–Trinajstić information content (AvgIpc) is 2.70. The Morgan fingerprint density at radius 1 is 1.35 bits per heavy atom. The van der Waals surface area contributed by atoms with Crippen molar-refractivity contribution in [2.24, 2.45) is 0 Å². The van der Waals surface area contributed by atoms with Crippen LogP contribution in [0.3, 0.4) is 0 Å². The summed E-state index contributed by atoms with van der Waals surface area (Å²) in [6.45, 7) is 5.73. The van der Waals surface area contributed by atoms with E-state index in [1.165, 1.54) is 11.3 Å². The highest BCUT2D eigenvalue weighted by Gasteiger charge is 2.11. The Hall–Kier alpha value is -0.780. The number of nitrogens with zero attached hydrogens (tertiary/aromatic N) is 2. The minimum absolute atomic E-state index is 0.709. The lowest BCUT2D eigenvalue weighted by atomic mass is 10.2. The smallest absolute Gasteiger partial charge is 0.168 e. The van der Waals surface area contributed by atoms with Crippen LogP contribution in [-0.4, -0.2) is 23.3 Å². The van der Waals surface area contributed by atoms with Gasteiger partial charge in [0.05, 0.1) is 12.3 Å². The average molecular weight is 355 g/mol. The molecule has 0 amide bonds. The number of benzene rings is 1. The zero-order chi connectivity index (χ0) is 14.5. The summed E-state index contributed by atoms with van der Waals surface area (Å²) >= 11 is 5.28. The lowest BCUT2D eigenvalue weighted by molar-refractivity contribution is 0.184. The summed E-state index contributed by atoms with van der Waals surface area (Å²) in [5.74, 6) is 0.919. The van der Waals surface area contributed by atoms with Gasteiger partial charge in [0.2, 0.25) is 0 Å². The standard InChI is InChI=1S/C15H19BrN2OS/c1-11-12(2)18(7-8-19-3)15(17-11)20-10-13-5-4-6-14(16)9-13/h4-6,9H,7-8,10H2,1-3H3. The van der Waals surface area contributed by atoms with E-state index < -0.39 is 0 Å². The highest BCUT2D eigenvalue weighted by Crippen LogP contribution is 2.25. The van der Waals surface area contributed by atoms with E-state index in [2.05, 4.69) is 57.5 Å². The Labute approximate surface area is 132 Å². The highest BCUT2D eigenvalue weighted by molar-refractivity contribution is 9.10. The molecular weight excluding hydrogens is 336 g/mol. The molecule has 0 unspecified atom stereocenters. The number of halogens is 1. The second-order valence-electron chi connectivity index (χ2n) is 4.63. The Bertz CT molecular complexity index is 583. The van der Waals surface area contributed by atoms with Crippen LogP contribution in [0, 0.1) is 13.8 Å². The van der Waals surface area contributed by atoms with Gasteiger partial charge in [-0.1, -0.05) is 39.8 Å². The number of rotatable bonds is 6. The number of thioether (sulfide) groups is 1. The Kier molecular flexibility index (Phi) is 5.69. The van der Waals surface area contributed by atoms with Gasteiger partial charge in [0.1, 0.15) is 0 Å². The van der Waals surface area contributed by atoms with E-state index in [1.807, 2.05) is 6.07 Å². The molecule has 1 aromatic carbocycles. The summed E-state index contributed by atoms with van der Waals surface area (Å²) in [5.41, 5.74) is 3.61. The summed E-state index contributed by atoms with van der Waals surface area (Å²) in [6.07, 6.45) is 0. The summed E-state index contributed by atoms with van der Waals surface area (Å²) in [6, 6.07) is 8.39. The Balaban J connectivity index is 2.10. The normalized spacial score (nSPS) is 11.0. The number of hydrogen-bond acceptors (Lipinski definition) is 3. The van der Waals surface area contributed by atoms with E-state index in [9.17, 15) is 0 Å². The summed E-state index contributed by atoms with van der Waals surface area (Å²) < 4.78 is 8.53. The van der Waals surface area contributed by atoms with Gasteiger partial charge in [0.25, 0.3) is 0 Å². The summed E-state index contributed by atoms with van der Waals surface area (Å²) in [4.78, 5) is 4.66. The Morgan fingerprint density at radius 2 is 2.15 bits per heavy atom. The molecule has 0 N–H and O–H groups in total.